The number of aliphatic hydroxyl groups excluding tert-OH is 1. The molecule has 0 fully saturated rings. The van der Waals surface area contributed by atoms with E-state index in [1.54, 1.807) is 6.26 Å². The number of halogens is 1. The molecule has 1 aromatic carbocycles. The summed E-state index contributed by atoms with van der Waals surface area (Å²) in [5, 5.41) is 10.7. The van der Waals surface area contributed by atoms with Gasteiger partial charge in [-0.3, -0.25) is 0 Å². The molecule has 102 valence electrons. The number of benzene rings is 1. The van der Waals surface area contributed by atoms with Gasteiger partial charge in [-0.25, -0.2) is 0 Å². The summed E-state index contributed by atoms with van der Waals surface area (Å²) in [6, 6.07) is 12.0. The zero-order valence-corrected chi connectivity index (χ0v) is 12.8. The summed E-state index contributed by atoms with van der Waals surface area (Å²) >= 11 is 3.43. The van der Waals surface area contributed by atoms with Gasteiger partial charge in [-0.15, -0.1) is 0 Å². The Bertz CT molecular complexity index is 506. The van der Waals surface area contributed by atoms with Crippen LogP contribution in [0.15, 0.2) is 51.6 Å². The van der Waals surface area contributed by atoms with Gasteiger partial charge in [0, 0.05) is 5.92 Å². The fourth-order valence-electron chi connectivity index (χ4n) is 2.43. The van der Waals surface area contributed by atoms with E-state index in [2.05, 4.69) is 41.9 Å². The summed E-state index contributed by atoms with van der Waals surface area (Å²) in [4.78, 5) is 0. The van der Waals surface area contributed by atoms with E-state index >= 15 is 0 Å². The molecule has 0 aliphatic rings. The van der Waals surface area contributed by atoms with Crippen LogP contribution in [-0.4, -0.2) is 5.11 Å². The molecule has 0 saturated carbocycles. The van der Waals surface area contributed by atoms with E-state index in [0.29, 0.717) is 11.7 Å². The molecule has 0 aliphatic carbocycles. The van der Waals surface area contributed by atoms with E-state index < -0.39 is 6.10 Å². The lowest BCUT2D eigenvalue weighted by molar-refractivity contribution is 0.0948. The molecule has 2 rings (SSSR count). The van der Waals surface area contributed by atoms with Crippen LogP contribution in [0.1, 0.15) is 43.6 Å². The Labute approximate surface area is 122 Å². The number of hydrogen-bond acceptors (Lipinski definition) is 2. The number of hydrogen-bond donors (Lipinski definition) is 1. The van der Waals surface area contributed by atoms with E-state index in [-0.39, 0.29) is 5.92 Å². The Morgan fingerprint density at radius 3 is 2.42 bits per heavy atom. The molecule has 0 radical (unpaired) electrons. The van der Waals surface area contributed by atoms with Crippen LogP contribution in [0.4, 0.5) is 0 Å². The second-order valence-electron chi connectivity index (χ2n) is 4.90. The third kappa shape index (κ3) is 3.10. The molecule has 19 heavy (non-hydrogen) atoms. The van der Waals surface area contributed by atoms with Crippen LogP contribution in [0.5, 0.6) is 0 Å². The van der Waals surface area contributed by atoms with Crippen molar-refractivity contribution >= 4 is 15.9 Å². The Balaban J connectivity index is 2.36. The highest BCUT2D eigenvalue weighted by Gasteiger charge is 2.30. The minimum Gasteiger partial charge on any atom is -0.465 e. The lowest BCUT2D eigenvalue weighted by atomic mass is 9.81. The minimum absolute atomic E-state index is 0.0358. The lowest BCUT2D eigenvalue weighted by Crippen LogP contribution is -2.18. The van der Waals surface area contributed by atoms with E-state index in [0.717, 1.165) is 16.5 Å². The van der Waals surface area contributed by atoms with Crippen LogP contribution < -0.4 is 0 Å². The molecule has 1 aromatic heterocycles. The first kappa shape index (κ1) is 14.4. The molecule has 0 amide bonds. The molecule has 0 aliphatic heterocycles. The van der Waals surface area contributed by atoms with Crippen molar-refractivity contribution in [3.05, 3.63) is 58.5 Å². The van der Waals surface area contributed by atoms with Crippen molar-refractivity contribution in [2.45, 2.75) is 32.3 Å². The van der Waals surface area contributed by atoms with Gasteiger partial charge in [-0.05, 0) is 33.5 Å². The maximum atomic E-state index is 10.7. The van der Waals surface area contributed by atoms with E-state index in [1.807, 2.05) is 24.3 Å². The van der Waals surface area contributed by atoms with Gasteiger partial charge in [-0.1, -0.05) is 50.6 Å². The minimum atomic E-state index is -0.637. The number of furan rings is 1. The quantitative estimate of drug-likeness (QED) is 0.848. The van der Waals surface area contributed by atoms with E-state index in [9.17, 15) is 5.11 Å². The Hall–Kier alpha value is -1.06. The smallest absolute Gasteiger partial charge is 0.147 e. The van der Waals surface area contributed by atoms with Crippen LogP contribution in [0.25, 0.3) is 0 Å². The third-order valence-electron chi connectivity index (χ3n) is 3.70. The Morgan fingerprint density at radius 2 is 1.89 bits per heavy atom. The van der Waals surface area contributed by atoms with E-state index in [4.69, 9.17) is 4.42 Å². The zero-order valence-electron chi connectivity index (χ0n) is 11.2. The molecule has 2 aromatic rings. The molecule has 0 saturated heterocycles. The van der Waals surface area contributed by atoms with Crippen molar-refractivity contribution in [3.8, 4) is 0 Å². The molecule has 1 N–H and O–H groups in total. The fourth-order valence-corrected chi connectivity index (χ4v) is 2.87. The maximum Gasteiger partial charge on any atom is 0.147 e. The standard InChI is InChI=1S/C16H19BrO2/c1-3-11(2)14(12-7-5-4-6-8-12)15(18)16-13(17)9-10-19-16/h4-11,14-15,18H,3H2,1-2H3. The largest absolute Gasteiger partial charge is 0.465 e. The molecule has 3 atom stereocenters. The summed E-state index contributed by atoms with van der Waals surface area (Å²) in [5.41, 5.74) is 1.15. The van der Waals surface area contributed by atoms with Gasteiger partial charge in [0.25, 0.3) is 0 Å². The first-order chi connectivity index (χ1) is 9.15. The van der Waals surface area contributed by atoms with Crippen LogP contribution in [0.2, 0.25) is 0 Å². The van der Waals surface area contributed by atoms with Crippen molar-refractivity contribution in [2.24, 2.45) is 5.92 Å². The van der Waals surface area contributed by atoms with Crippen LogP contribution in [0, 0.1) is 5.92 Å². The van der Waals surface area contributed by atoms with Crippen molar-refractivity contribution in [1.29, 1.82) is 0 Å². The second kappa shape index (κ2) is 6.40. The SMILES string of the molecule is CCC(C)C(c1ccccc1)C(O)c1occc1Br. The normalized spacial score (nSPS) is 16.0. The highest BCUT2D eigenvalue weighted by molar-refractivity contribution is 9.10. The van der Waals surface area contributed by atoms with Gasteiger partial charge in [0.05, 0.1) is 10.7 Å². The molecule has 0 bridgehead atoms. The predicted molar refractivity (Wildman–Crippen MR) is 80.0 cm³/mol. The average molecular weight is 323 g/mol. The third-order valence-corrected chi connectivity index (χ3v) is 4.35. The number of aliphatic hydroxyl groups is 1. The van der Waals surface area contributed by atoms with Gasteiger partial charge in [-0.2, -0.15) is 0 Å². The zero-order chi connectivity index (χ0) is 13.8. The molecule has 2 nitrogen and oxygen atoms in total. The highest BCUT2D eigenvalue weighted by atomic mass is 79.9. The van der Waals surface area contributed by atoms with Crippen LogP contribution >= 0.6 is 15.9 Å². The molecular weight excluding hydrogens is 304 g/mol. The Kier molecular flexibility index (Phi) is 4.83. The van der Waals surface area contributed by atoms with Crippen molar-refractivity contribution in [2.75, 3.05) is 0 Å². The van der Waals surface area contributed by atoms with Crippen molar-refractivity contribution < 1.29 is 9.52 Å². The number of rotatable bonds is 5. The summed E-state index contributed by atoms with van der Waals surface area (Å²) in [7, 11) is 0. The summed E-state index contributed by atoms with van der Waals surface area (Å²) in [5.74, 6) is 1.01. The van der Waals surface area contributed by atoms with Gasteiger partial charge < -0.3 is 9.52 Å². The van der Waals surface area contributed by atoms with Gasteiger partial charge >= 0.3 is 0 Å². The van der Waals surface area contributed by atoms with Crippen LogP contribution in [-0.2, 0) is 0 Å². The highest BCUT2D eigenvalue weighted by Crippen LogP contribution is 2.40. The summed E-state index contributed by atoms with van der Waals surface area (Å²) < 4.78 is 6.25. The summed E-state index contributed by atoms with van der Waals surface area (Å²) in [6.45, 7) is 4.31. The monoisotopic (exact) mass is 322 g/mol. The molecule has 0 spiro atoms. The van der Waals surface area contributed by atoms with Gasteiger partial charge in [0.1, 0.15) is 11.9 Å². The topological polar surface area (TPSA) is 33.4 Å². The van der Waals surface area contributed by atoms with Gasteiger partial charge in [0.15, 0.2) is 0 Å². The van der Waals surface area contributed by atoms with Gasteiger partial charge in [0.2, 0.25) is 0 Å². The molecule has 1 heterocycles. The molecule has 3 heteroatoms. The predicted octanol–water partition coefficient (Wildman–Crippen LogP) is 4.91. The maximum absolute atomic E-state index is 10.7. The molecule has 3 unspecified atom stereocenters. The lowest BCUT2D eigenvalue weighted by Gasteiger charge is -2.27. The molecular formula is C16H19BrO2. The summed E-state index contributed by atoms with van der Waals surface area (Å²) in [6.07, 6.45) is 1.97. The Morgan fingerprint density at radius 1 is 1.21 bits per heavy atom. The van der Waals surface area contributed by atoms with Crippen molar-refractivity contribution in [3.63, 3.8) is 0 Å². The second-order valence-corrected chi connectivity index (χ2v) is 5.75. The fraction of sp³-hybridized carbons (Fsp3) is 0.375. The average Bonchev–Trinajstić information content (AvgIpc) is 2.86. The first-order valence-electron chi connectivity index (χ1n) is 6.61. The van der Waals surface area contributed by atoms with Crippen LogP contribution in [0.3, 0.4) is 0 Å². The van der Waals surface area contributed by atoms with E-state index in [1.165, 1.54) is 0 Å². The first-order valence-corrected chi connectivity index (χ1v) is 7.40. The van der Waals surface area contributed by atoms with Crippen molar-refractivity contribution in [1.82, 2.24) is 0 Å².